The minimum Gasteiger partial charge on any atom is -0.480 e. The van der Waals surface area contributed by atoms with Crippen molar-refractivity contribution in [2.24, 2.45) is 5.92 Å². The molecule has 7 nitrogen and oxygen atoms in total. The highest BCUT2D eigenvalue weighted by Gasteiger charge is 2.21. The second-order valence-corrected chi connectivity index (χ2v) is 5.32. The monoisotopic (exact) mass is 289 g/mol. The van der Waals surface area contributed by atoms with E-state index in [0.29, 0.717) is 11.6 Å². The lowest BCUT2D eigenvalue weighted by Gasteiger charge is -2.18. The first-order valence-electron chi connectivity index (χ1n) is 6.75. The maximum atomic E-state index is 11.2. The van der Waals surface area contributed by atoms with Gasteiger partial charge in [-0.05, 0) is 38.0 Å². The Morgan fingerprint density at radius 1 is 1.29 bits per heavy atom. The van der Waals surface area contributed by atoms with Crippen molar-refractivity contribution in [3.05, 3.63) is 29.6 Å². The Labute approximate surface area is 123 Å². The predicted octanol–water partition coefficient (Wildman–Crippen LogP) is 1.80. The van der Waals surface area contributed by atoms with E-state index in [2.05, 4.69) is 20.6 Å². The van der Waals surface area contributed by atoms with Gasteiger partial charge >= 0.3 is 5.97 Å². The molecule has 21 heavy (non-hydrogen) atoms. The number of aryl methyl sites for hydroxylation is 2. The third-order valence-corrected chi connectivity index (χ3v) is 3.11. The Morgan fingerprint density at radius 2 is 2.00 bits per heavy atom. The van der Waals surface area contributed by atoms with E-state index in [4.69, 9.17) is 5.11 Å². The van der Waals surface area contributed by atoms with Crippen molar-refractivity contribution in [1.82, 2.24) is 20.0 Å². The van der Waals surface area contributed by atoms with Gasteiger partial charge in [-0.1, -0.05) is 13.8 Å². The summed E-state index contributed by atoms with van der Waals surface area (Å²) in [5.41, 5.74) is 1.87. The van der Waals surface area contributed by atoms with Gasteiger partial charge in [-0.3, -0.25) is 0 Å². The topological polar surface area (TPSA) is 92.9 Å². The van der Waals surface area contributed by atoms with Gasteiger partial charge in [0.05, 0.1) is 5.69 Å². The third kappa shape index (κ3) is 3.36. The zero-order valence-corrected chi connectivity index (χ0v) is 12.5. The summed E-state index contributed by atoms with van der Waals surface area (Å²) in [6, 6.07) is 4.72. The van der Waals surface area contributed by atoms with Crippen LogP contribution >= 0.6 is 0 Å². The van der Waals surface area contributed by atoms with Crippen molar-refractivity contribution >= 4 is 11.8 Å². The smallest absolute Gasteiger partial charge is 0.326 e. The number of anilines is 1. The molecule has 0 spiro atoms. The van der Waals surface area contributed by atoms with Crippen LogP contribution in [-0.2, 0) is 4.79 Å². The molecule has 2 heterocycles. The van der Waals surface area contributed by atoms with Crippen LogP contribution in [0.5, 0.6) is 0 Å². The molecule has 0 unspecified atom stereocenters. The number of hydrogen-bond donors (Lipinski definition) is 2. The molecular weight excluding hydrogens is 270 g/mol. The first-order valence-corrected chi connectivity index (χ1v) is 6.75. The highest BCUT2D eigenvalue weighted by atomic mass is 16.4. The lowest BCUT2D eigenvalue weighted by molar-refractivity contribution is -0.138. The number of nitrogens with zero attached hydrogens (tertiary/aromatic N) is 4. The van der Waals surface area contributed by atoms with Crippen molar-refractivity contribution in [2.45, 2.75) is 33.7 Å². The van der Waals surface area contributed by atoms with Crippen molar-refractivity contribution in [3.8, 4) is 5.82 Å². The summed E-state index contributed by atoms with van der Waals surface area (Å²) in [5, 5.41) is 24.5. The molecule has 0 amide bonds. The molecule has 2 aromatic heterocycles. The first kappa shape index (κ1) is 15.0. The largest absolute Gasteiger partial charge is 0.480 e. The Hall–Kier alpha value is -2.44. The van der Waals surface area contributed by atoms with Gasteiger partial charge in [0.15, 0.2) is 5.82 Å². The van der Waals surface area contributed by atoms with Gasteiger partial charge in [0.1, 0.15) is 11.9 Å². The maximum Gasteiger partial charge on any atom is 0.326 e. The van der Waals surface area contributed by atoms with Gasteiger partial charge in [0.25, 0.3) is 0 Å². The highest BCUT2D eigenvalue weighted by Crippen LogP contribution is 2.13. The van der Waals surface area contributed by atoms with Gasteiger partial charge in [0, 0.05) is 5.69 Å². The third-order valence-electron chi connectivity index (χ3n) is 3.11. The van der Waals surface area contributed by atoms with Crippen molar-refractivity contribution in [3.63, 3.8) is 0 Å². The molecule has 7 heteroatoms. The average molecular weight is 289 g/mol. The fraction of sp³-hybridized carbons (Fsp3) is 0.429. The van der Waals surface area contributed by atoms with E-state index < -0.39 is 12.0 Å². The van der Waals surface area contributed by atoms with Crippen LogP contribution in [0.3, 0.4) is 0 Å². The number of carboxylic acids is 1. The fourth-order valence-corrected chi connectivity index (χ4v) is 2.05. The first-order chi connectivity index (χ1) is 9.88. The molecule has 0 aromatic carbocycles. The van der Waals surface area contributed by atoms with Crippen LogP contribution in [0.2, 0.25) is 0 Å². The van der Waals surface area contributed by atoms with Crippen molar-refractivity contribution in [2.75, 3.05) is 5.32 Å². The predicted molar refractivity (Wildman–Crippen MR) is 78.5 cm³/mol. The van der Waals surface area contributed by atoms with Crippen LogP contribution in [0.4, 0.5) is 5.82 Å². The molecule has 1 atom stereocenters. The minimum absolute atomic E-state index is 0.0556. The van der Waals surface area contributed by atoms with Gasteiger partial charge < -0.3 is 10.4 Å². The zero-order valence-electron chi connectivity index (χ0n) is 12.5. The van der Waals surface area contributed by atoms with Gasteiger partial charge in [-0.25, -0.2) is 9.48 Å². The summed E-state index contributed by atoms with van der Waals surface area (Å²) in [7, 11) is 0. The Morgan fingerprint density at radius 3 is 2.43 bits per heavy atom. The Balaban J connectivity index is 2.19. The van der Waals surface area contributed by atoms with E-state index in [0.717, 1.165) is 11.4 Å². The molecule has 0 bridgehead atoms. The van der Waals surface area contributed by atoms with E-state index in [1.807, 2.05) is 33.8 Å². The Bertz CT molecular complexity index is 633. The molecule has 112 valence electrons. The number of carbonyl (C=O) groups is 1. The second kappa shape index (κ2) is 5.90. The molecule has 0 fully saturated rings. The fourth-order valence-electron chi connectivity index (χ4n) is 2.05. The number of carboxylic acid groups (broad SMARTS) is 1. The summed E-state index contributed by atoms with van der Waals surface area (Å²) in [6.45, 7) is 7.52. The molecule has 2 rings (SSSR count). The van der Waals surface area contributed by atoms with E-state index in [9.17, 15) is 4.79 Å². The molecule has 0 saturated heterocycles. The van der Waals surface area contributed by atoms with Crippen LogP contribution in [0.15, 0.2) is 18.2 Å². The molecule has 0 aliphatic carbocycles. The van der Waals surface area contributed by atoms with Crippen LogP contribution < -0.4 is 5.32 Å². The summed E-state index contributed by atoms with van der Waals surface area (Å²) in [6.07, 6.45) is 0. The summed E-state index contributed by atoms with van der Waals surface area (Å²) < 4.78 is 1.70. The van der Waals surface area contributed by atoms with Crippen LogP contribution in [0.1, 0.15) is 25.2 Å². The summed E-state index contributed by atoms with van der Waals surface area (Å²) in [5.74, 6) is 0.0679. The van der Waals surface area contributed by atoms with Crippen LogP contribution in [0.25, 0.3) is 5.82 Å². The standard InChI is InChI=1S/C14H19N5O2/c1-8(2)13(14(20)21)15-11-5-6-12(17-16-11)19-10(4)7-9(3)18-19/h5-8,13H,1-4H3,(H,15,16)(H,20,21)/t13-/m1/s1. The minimum atomic E-state index is -0.908. The molecule has 0 radical (unpaired) electrons. The maximum absolute atomic E-state index is 11.2. The van der Waals surface area contributed by atoms with E-state index in [1.54, 1.807) is 16.8 Å². The summed E-state index contributed by atoms with van der Waals surface area (Å²) >= 11 is 0. The normalized spacial score (nSPS) is 12.4. The lowest BCUT2D eigenvalue weighted by Crippen LogP contribution is -2.34. The lowest BCUT2D eigenvalue weighted by atomic mass is 10.1. The Kier molecular flexibility index (Phi) is 4.21. The number of nitrogens with one attached hydrogen (secondary N) is 1. The number of rotatable bonds is 5. The second-order valence-electron chi connectivity index (χ2n) is 5.32. The molecule has 0 aliphatic heterocycles. The van der Waals surface area contributed by atoms with E-state index in [-0.39, 0.29) is 5.92 Å². The van der Waals surface area contributed by atoms with Crippen molar-refractivity contribution < 1.29 is 9.90 Å². The molecule has 0 aliphatic rings. The van der Waals surface area contributed by atoms with Crippen molar-refractivity contribution in [1.29, 1.82) is 0 Å². The number of hydrogen-bond acceptors (Lipinski definition) is 5. The molecular formula is C14H19N5O2. The van der Waals surface area contributed by atoms with Crippen LogP contribution in [-0.4, -0.2) is 37.1 Å². The van der Waals surface area contributed by atoms with Crippen LogP contribution in [0, 0.1) is 19.8 Å². The van der Waals surface area contributed by atoms with Gasteiger partial charge in [0.2, 0.25) is 0 Å². The SMILES string of the molecule is Cc1cc(C)n(-c2ccc(N[C@@H](C(=O)O)C(C)C)nn2)n1. The van der Waals surface area contributed by atoms with Gasteiger partial charge in [-0.2, -0.15) is 5.10 Å². The zero-order chi connectivity index (χ0) is 15.6. The van der Waals surface area contributed by atoms with E-state index in [1.165, 1.54) is 0 Å². The van der Waals surface area contributed by atoms with E-state index >= 15 is 0 Å². The average Bonchev–Trinajstić information content (AvgIpc) is 2.75. The summed E-state index contributed by atoms with van der Waals surface area (Å²) in [4.78, 5) is 11.2. The molecule has 2 aromatic rings. The number of aromatic nitrogens is 4. The molecule has 0 saturated carbocycles. The molecule has 2 N–H and O–H groups in total. The quantitative estimate of drug-likeness (QED) is 0.872. The number of aliphatic carboxylic acids is 1. The van der Waals surface area contributed by atoms with Gasteiger partial charge in [-0.15, -0.1) is 10.2 Å². The highest BCUT2D eigenvalue weighted by molar-refractivity contribution is 5.77.